The van der Waals surface area contributed by atoms with Crippen molar-refractivity contribution in [2.75, 3.05) is 0 Å². The van der Waals surface area contributed by atoms with Crippen molar-refractivity contribution in [1.29, 1.82) is 0 Å². The van der Waals surface area contributed by atoms with E-state index in [1.807, 2.05) is 36.4 Å². The van der Waals surface area contributed by atoms with E-state index in [1.54, 1.807) is 12.1 Å². The molecule has 102 valence electrons. The van der Waals surface area contributed by atoms with Gasteiger partial charge in [-0.3, -0.25) is 4.79 Å². The summed E-state index contributed by atoms with van der Waals surface area (Å²) >= 11 is 0. The number of carbonyl (C=O) groups excluding carboxylic acids is 1. The van der Waals surface area contributed by atoms with E-state index in [1.165, 1.54) is 0 Å². The average Bonchev–Trinajstić information content (AvgIpc) is 2.45. The molecular weight excluding hydrogens is 252 g/mol. The first-order chi connectivity index (χ1) is 9.72. The van der Waals surface area contributed by atoms with Gasteiger partial charge < -0.3 is 9.84 Å². The van der Waals surface area contributed by atoms with Crippen LogP contribution in [-0.4, -0.2) is 17.0 Å². The molecule has 1 N–H and O–H groups in total. The fraction of sp³-hybridized carbons (Fsp3) is 0.235. The molecule has 1 aliphatic heterocycles. The van der Waals surface area contributed by atoms with Crippen LogP contribution < -0.4 is 4.74 Å². The van der Waals surface area contributed by atoms with Gasteiger partial charge in [0.05, 0.1) is 5.56 Å². The van der Waals surface area contributed by atoms with Crippen LogP contribution in [0.5, 0.6) is 11.5 Å². The minimum Gasteiger partial charge on any atom is -0.508 e. The second-order valence-corrected chi connectivity index (χ2v) is 5.07. The Labute approximate surface area is 117 Å². The fourth-order valence-electron chi connectivity index (χ4n) is 2.54. The van der Waals surface area contributed by atoms with Gasteiger partial charge in [-0.15, -0.1) is 0 Å². The van der Waals surface area contributed by atoms with E-state index < -0.39 is 0 Å². The maximum absolute atomic E-state index is 12.0. The molecular formula is C17H16O3. The molecule has 0 amide bonds. The second-order valence-electron chi connectivity index (χ2n) is 5.07. The third-order valence-electron chi connectivity index (χ3n) is 3.56. The molecule has 0 unspecified atom stereocenters. The van der Waals surface area contributed by atoms with Gasteiger partial charge in [-0.2, -0.15) is 0 Å². The van der Waals surface area contributed by atoms with E-state index in [0.29, 0.717) is 17.7 Å². The van der Waals surface area contributed by atoms with Crippen LogP contribution in [0.2, 0.25) is 0 Å². The molecule has 0 saturated heterocycles. The van der Waals surface area contributed by atoms with Crippen molar-refractivity contribution >= 4 is 5.78 Å². The van der Waals surface area contributed by atoms with Gasteiger partial charge in [-0.05, 0) is 42.7 Å². The molecule has 3 heteroatoms. The number of carbonyl (C=O) groups is 1. The van der Waals surface area contributed by atoms with Crippen LogP contribution in [0.3, 0.4) is 0 Å². The number of hydrogen-bond donors (Lipinski definition) is 1. The molecule has 0 aromatic heterocycles. The normalized spacial score (nSPS) is 17.4. The first-order valence-electron chi connectivity index (χ1n) is 6.79. The Morgan fingerprint density at radius 2 is 2.00 bits per heavy atom. The molecule has 2 aromatic carbocycles. The van der Waals surface area contributed by atoms with Gasteiger partial charge in [0.15, 0.2) is 5.78 Å². The maximum Gasteiger partial charge on any atom is 0.170 e. The van der Waals surface area contributed by atoms with Crippen molar-refractivity contribution in [2.24, 2.45) is 0 Å². The van der Waals surface area contributed by atoms with Crippen LogP contribution in [-0.2, 0) is 6.42 Å². The van der Waals surface area contributed by atoms with Crippen LogP contribution in [0.4, 0.5) is 0 Å². The molecule has 1 atom stereocenters. The molecule has 0 aliphatic carbocycles. The van der Waals surface area contributed by atoms with E-state index in [2.05, 4.69) is 0 Å². The molecule has 0 fully saturated rings. The summed E-state index contributed by atoms with van der Waals surface area (Å²) in [7, 11) is 0. The third kappa shape index (κ3) is 2.67. The Kier molecular flexibility index (Phi) is 3.42. The van der Waals surface area contributed by atoms with Crippen molar-refractivity contribution in [1.82, 2.24) is 0 Å². The molecule has 1 heterocycles. The Morgan fingerprint density at radius 3 is 2.85 bits per heavy atom. The average molecular weight is 268 g/mol. The Morgan fingerprint density at radius 1 is 1.15 bits per heavy atom. The van der Waals surface area contributed by atoms with E-state index in [9.17, 15) is 9.90 Å². The standard InChI is InChI=1S/C17H16O3/c18-13-5-3-4-12(10-13)8-9-14-11-16(19)15-6-1-2-7-17(15)20-14/h1-7,10,14,18H,8-9,11H2/t14-/m1/s1. The zero-order valence-corrected chi connectivity index (χ0v) is 11.1. The SMILES string of the molecule is O=C1C[C@@H](CCc2cccc(O)c2)Oc2ccccc21. The highest BCUT2D eigenvalue weighted by Crippen LogP contribution is 2.29. The first-order valence-corrected chi connectivity index (χ1v) is 6.79. The number of phenols is 1. The molecule has 2 aromatic rings. The minimum absolute atomic E-state index is 0.0836. The maximum atomic E-state index is 12.0. The molecule has 1 aliphatic rings. The summed E-state index contributed by atoms with van der Waals surface area (Å²) in [5, 5.41) is 9.44. The highest BCUT2D eigenvalue weighted by molar-refractivity contribution is 5.99. The molecule has 0 bridgehead atoms. The van der Waals surface area contributed by atoms with E-state index >= 15 is 0 Å². The number of aryl methyl sites for hydroxylation is 1. The van der Waals surface area contributed by atoms with Crippen molar-refractivity contribution in [3.05, 3.63) is 59.7 Å². The number of benzene rings is 2. The summed E-state index contributed by atoms with van der Waals surface area (Å²) < 4.78 is 5.87. The van der Waals surface area contributed by atoms with Gasteiger partial charge in [0.25, 0.3) is 0 Å². The third-order valence-corrected chi connectivity index (χ3v) is 3.56. The van der Waals surface area contributed by atoms with Crippen molar-refractivity contribution in [2.45, 2.75) is 25.4 Å². The summed E-state index contributed by atoms with van der Waals surface area (Å²) in [6, 6.07) is 14.6. The lowest BCUT2D eigenvalue weighted by Gasteiger charge is -2.25. The molecule has 3 rings (SSSR count). The number of phenolic OH excluding ortho intramolecular Hbond substituents is 1. The highest BCUT2D eigenvalue weighted by Gasteiger charge is 2.25. The predicted octanol–water partition coefficient (Wildman–Crippen LogP) is 3.36. The van der Waals surface area contributed by atoms with Gasteiger partial charge in [0, 0.05) is 6.42 Å². The van der Waals surface area contributed by atoms with Crippen LogP contribution in [0, 0.1) is 0 Å². The molecule has 20 heavy (non-hydrogen) atoms. The van der Waals surface area contributed by atoms with E-state index in [4.69, 9.17) is 4.74 Å². The number of fused-ring (bicyclic) bond motifs is 1. The van der Waals surface area contributed by atoms with Gasteiger partial charge in [0.1, 0.15) is 17.6 Å². The monoisotopic (exact) mass is 268 g/mol. The Balaban J connectivity index is 1.67. The summed E-state index contributed by atoms with van der Waals surface area (Å²) in [6.45, 7) is 0. The van der Waals surface area contributed by atoms with Gasteiger partial charge in [0.2, 0.25) is 0 Å². The number of ether oxygens (including phenoxy) is 1. The predicted molar refractivity (Wildman–Crippen MR) is 76.2 cm³/mol. The lowest BCUT2D eigenvalue weighted by Crippen LogP contribution is -2.27. The number of para-hydroxylation sites is 1. The summed E-state index contributed by atoms with van der Waals surface area (Å²) in [4.78, 5) is 12.0. The van der Waals surface area contributed by atoms with Crippen LogP contribution in [0.25, 0.3) is 0 Å². The molecule has 0 spiro atoms. The van der Waals surface area contributed by atoms with Crippen LogP contribution >= 0.6 is 0 Å². The second kappa shape index (κ2) is 5.37. The number of aromatic hydroxyl groups is 1. The number of rotatable bonds is 3. The largest absolute Gasteiger partial charge is 0.508 e. The topological polar surface area (TPSA) is 46.5 Å². The smallest absolute Gasteiger partial charge is 0.170 e. The Hall–Kier alpha value is -2.29. The summed E-state index contributed by atoms with van der Waals surface area (Å²) in [5.74, 6) is 1.10. The fourth-order valence-corrected chi connectivity index (χ4v) is 2.54. The lowest BCUT2D eigenvalue weighted by atomic mass is 9.97. The zero-order valence-electron chi connectivity index (χ0n) is 11.1. The Bertz CT molecular complexity index is 634. The quantitative estimate of drug-likeness (QED) is 0.928. The number of hydrogen-bond acceptors (Lipinski definition) is 3. The highest BCUT2D eigenvalue weighted by atomic mass is 16.5. The van der Waals surface area contributed by atoms with Gasteiger partial charge in [-0.1, -0.05) is 24.3 Å². The van der Waals surface area contributed by atoms with Crippen molar-refractivity contribution in [3.8, 4) is 11.5 Å². The number of ketones is 1. The van der Waals surface area contributed by atoms with Gasteiger partial charge >= 0.3 is 0 Å². The van der Waals surface area contributed by atoms with Crippen LogP contribution in [0.1, 0.15) is 28.8 Å². The number of Topliss-reactive ketones (excluding diaryl/α,β-unsaturated/α-hetero) is 1. The van der Waals surface area contributed by atoms with Crippen LogP contribution in [0.15, 0.2) is 48.5 Å². The molecule has 3 nitrogen and oxygen atoms in total. The molecule has 0 radical (unpaired) electrons. The van der Waals surface area contributed by atoms with E-state index in [-0.39, 0.29) is 17.6 Å². The van der Waals surface area contributed by atoms with Crippen molar-refractivity contribution < 1.29 is 14.6 Å². The summed E-state index contributed by atoms with van der Waals surface area (Å²) in [6.07, 6.45) is 1.90. The summed E-state index contributed by atoms with van der Waals surface area (Å²) in [5.41, 5.74) is 1.74. The van der Waals surface area contributed by atoms with Gasteiger partial charge in [-0.25, -0.2) is 0 Å². The lowest BCUT2D eigenvalue weighted by molar-refractivity contribution is 0.0839. The zero-order chi connectivity index (χ0) is 13.9. The minimum atomic E-state index is -0.0836. The molecule has 0 saturated carbocycles. The van der Waals surface area contributed by atoms with E-state index in [0.717, 1.165) is 18.4 Å². The first kappa shape index (κ1) is 12.7. The van der Waals surface area contributed by atoms with Crippen molar-refractivity contribution in [3.63, 3.8) is 0 Å².